The van der Waals surface area contributed by atoms with Crippen molar-refractivity contribution < 1.29 is 117 Å². The van der Waals surface area contributed by atoms with E-state index in [2.05, 4.69) is 6.58 Å². The lowest BCUT2D eigenvalue weighted by molar-refractivity contribution is -0.352. The Morgan fingerprint density at radius 3 is 2.09 bits per heavy atom. The number of phenolic OH excluding ortho intramolecular Hbond substituents is 1. The van der Waals surface area contributed by atoms with Gasteiger partial charge in [0.25, 0.3) is 0 Å². The molecule has 0 aliphatic carbocycles. The van der Waals surface area contributed by atoms with Gasteiger partial charge < -0.3 is 93.0 Å². The number of carbonyl (C=O) groups excluding carboxylic acids is 5. The van der Waals surface area contributed by atoms with Gasteiger partial charge in [0, 0.05) is 25.7 Å². The Bertz CT molecular complexity index is 2230. The highest BCUT2D eigenvalue weighted by atomic mass is 16.8. The van der Waals surface area contributed by atoms with Crippen molar-refractivity contribution in [1.82, 2.24) is 0 Å². The Morgan fingerprint density at radius 2 is 1.41 bits per heavy atom. The molecule has 0 saturated carbocycles. The predicted octanol–water partition coefficient (Wildman–Crippen LogP) is -1.74. The van der Waals surface area contributed by atoms with E-state index in [-0.39, 0.29) is 17.7 Å². The number of aliphatic hydroxyl groups is 7. The van der Waals surface area contributed by atoms with Gasteiger partial charge in [-0.2, -0.15) is 0 Å². The van der Waals surface area contributed by atoms with Crippen LogP contribution in [-0.2, 0) is 61.8 Å². The monoisotopic (exact) mass is 990 g/mol. The largest absolute Gasteiger partial charge is 0.504 e. The second-order valence-corrected chi connectivity index (χ2v) is 16.9. The second kappa shape index (κ2) is 22.6. The molecule has 70 heavy (non-hydrogen) atoms. The number of phenols is 1. The first-order valence-corrected chi connectivity index (χ1v) is 22.1. The molecule has 2 aromatic rings. The van der Waals surface area contributed by atoms with Crippen LogP contribution >= 0.6 is 0 Å². The number of ether oxygens (including phenoxy) is 11. The van der Waals surface area contributed by atoms with Crippen molar-refractivity contribution in [2.24, 2.45) is 17.8 Å². The van der Waals surface area contributed by atoms with E-state index in [9.17, 15) is 60.0 Å². The van der Waals surface area contributed by atoms with Gasteiger partial charge in [-0.15, -0.1) is 6.58 Å². The number of fused-ring (bicyclic) bond motifs is 1. The standard InChI is InChI=1S/C46H54O24/c1-4-22-23-13-14-60-42(59)25(23)17-62-43(22)70-46-40(68-41(58)21-9-6-5-7-10-21)39(63-20(3)50)30(29(67-46)18-61-19(2)49)32(52)24-11-8-12-26(31(24)51)64-44-37(57)35(55)38(28(16-48)66-44)69-45-36(56)34(54)33(53)27(15-47)65-45/h4-12,17,22-23,27-30,33-40,43-48,51,53-57H,1,13-16,18H2,2-3H3. The van der Waals surface area contributed by atoms with Gasteiger partial charge in [0.05, 0.1) is 48.7 Å². The van der Waals surface area contributed by atoms with Crippen LogP contribution in [0.15, 0.2) is 73.0 Å². The number of cyclic esters (lactones) is 1. The normalized spacial score (nSPS) is 36.2. The first kappa shape index (κ1) is 52.2. The molecule has 0 radical (unpaired) electrons. The molecule has 8 N–H and O–H groups in total. The Hall–Kier alpha value is -5.61. The minimum absolute atomic E-state index is 0.0221. The topological polar surface area (TPSA) is 349 Å². The number of hydrogen-bond donors (Lipinski definition) is 8. The Morgan fingerprint density at radius 1 is 0.729 bits per heavy atom. The molecule has 5 aliphatic rings. The summed E-state index contributed by atoms with van der Waals surface area (Å²) in [4.78, 5) is 66.7. The number of para-hydroxylation sites is 1. The zero-order valence-corrected chi connectivity index (χ0v) is 37.5. The van der Waals surface area contributed by atoms with Crippen molar-refractivity contribution in [2.75, 3.05) is 26.4 Å². The molecule has 0 aromatic heterocycles. The number of carbonyl (C=O) groups is 5. The van der Waals surface area contributed by atoms with E-state index in [4.69, 9.17) is 52.1 Å². The lowest BCUT2D eigenvalue weighted by Crippen LogP contribution is -2.65. The van der Waals surface area contributed by atoms with E-state index >= 15 is 4.79 Å². The average Bonchev–Trinajstić information content (AvgIpc) is 3.34. The highest BCUT2D eigenvalue weighted by Crippen LogP contribution is 2.43. The SMILES string of the molecule is C=CC1C(OC2OC(COC(C)=O)C(C(=O)c3cccc(OC4OC(CO)C(OC5OC(CO)C(O)C(O)C5O)C(O)C4O)c3O)C(OC(C)=O)C2OC(=O)c2ccccc2)OC=C2C(=O)OCCC21. The van der Waals surface area contributed by atoms with E-state index < -0.39 is 177 Å². The smallest absolute Gasteiger partial charge is 0.338 e. The Kier molecular flexibility index (Phi) is 16.9. The van der Waals surface area contributed by atoms with Crippen molar-refractivity contribution in [3.05, 3.63) is 84.1 Å². The molecule has 0 amide bonds. The van der Waals surface area contributed by atoms with E-state index in [1.54, 1.807) is 18.2 Å². The molecular weight excluding hydrogens is 936 g/mol. The quantitative estimate of drug-likeness (QED) is 0.0401. The highest BCUT2D eigenvalue weighted by Gasteiger charge is 2.57. The van der Waals surface area contributed by atoms with Gasteiger partial charge in [-0.05, 0) is 30.7 Å². The Balaban J connectivity index is 1.19. The van der Waals surface area contributed by atoms with E-state index in [1.165, 1.54) is 24.3 Å². The van der Waals surface area contributed by atoms with Gasteiger partial charge in [0.1, 0.15) is 61.5 Å². The molecule has 4 saturated heterocycles. The number of Topliss-reactive ketones (excluding diaryl/α,β-unsaturated/α-hetero) is 1. The van der Waals surface area contributed by atoms with Gasteiger partial charge >= 0.3 is 23.9 Å². The lowest BCUT2D eigenvalue weighted by atomic mass is 9.80. The van der Waals surface area contributed by atoms with Crippen molar-refractivity contribution in [1.29, 1.82) is 0 Å². The molecule has 382 valence electrons. The maximum Gasteiger partial charge on any atom is 0.338 e. The number of benzene rings is 2. The van der Waals surface area contributed by atoms with Crippen LogP contribution in [0.3, 0.4) is 0 Å². The molecule has 18 unspecified atom stereocenters. The maximum atomic E-state index is 15.0. The molecule has 24 heteroatoms. The van der Waals surface area contributed by atoms with Crippen LogP contribution in [-0.4, -0.2) is 189 Å². The molecule has 0 bridgehead atoms. The highest BCUT2D eigenvalue weighted by molar-refractivity contribution is 6.02. The minimum Gasteiger partial charge on any atom is -0.504 e. The van der Waals surface area contributed by atoms with Crippen molar-refractivity contribution in [3.8, 4) is 11.5 Å². The van der Waals surface area contributed by atoms with Crippen LogP contribution in [0.5, 0.6) is 11.5 Å². The third-order valence-electron chi connectivity index (χ3n) is 12.4. The molecular formula is C46H54O24. The van der Waals surface area contributed by atoms with Gasteiger partial charge in [0.15, 0.2) is 35.8 Å². The fourth-order valence-electron chi connectivity index (χ4n) is 8.82. The first-order valence-electron chi connectivity index (χ1n) is 22.1. The van der Waals surface area contributed by atoms with Crippen LogP contribution in [0.1, 0.15) is 41.0 Å². The van der Waals surface area contributed by atoms with Crippen LogP contribution < -0.4 is 4.74 Å². The van der Waals surface area contributed by atoms with E-state index in [0.29, 0.717) is 6.42 Å². The molecule has 2 aromatic carbocycles. The molecule has 24 nitrogen and oxygen atoms in total. The lowest BCUT2D eigenvalue weighted by Gasteiger charge is -2.46. The van der Waals surface area contributed by atoms with Crippen LogP contribution in [0, 0.1) is 17.8 Å². The fraction of sp³-hybridized carbons (Fsp3) is 0.543. The number of ketones is 1. The summed E-state index contributed by atoms with van der Waals surface area (Å²) >= 11 is 0. The predicted molar refractivity (Wildman–Crippen MR) is 226 cm³/mol. The van der Waals surface area contributed by atoms with E-state index in [1.807, 2.05) is 0 Å². The number of aliphatic hydroxyl groups excluding tert-OH is 7. The molecule has 0 spiro atoms. The number of hydrogen-bond acceptors (Lipinski definition) is 24. The summed E-state index contributed by atoms with van der Waals surface area (Å²) in [5.41, 5.74) is -0.316. The molecule has 4 fully saturated rings. The van der Waals surface area contributed by atoms with Crippen LogP contribution in [0.2, 0.25) is 0 Å². The van der Waals surface area contributed by atoms with Crippen molar-refractivity contribution in [3.63, 3.8) is 0 Å². The van der Waals surface area contributed by atoms with Gasteiger partial charge in [-0.25, -0.2) is 9.59 Å². The maximum absolute atomic E-state index is 15.0. The third-order valence-corrected chi connectivity index (χ3v) is 12.4. The zero-order chi connectivity index (χ0) is 50.6. The second-order valence-electron chi connectivity index (χ2n) is 16.9. The minimum atomic E-state index is -2.07. The average molecular weight is 991 g/mol. The summed E-state index contributed by atoms with van der Waals surface area (Å²) in [6, 6.07) is 11.1. The van der Waals surface area contributed by atoms with Gasteiger partial charge in [-0.3, -0.25) is 14.4 Å². The van der Waals surface area contributed by atoms with Crippen molar-refractivity contribution >= 4 is 29.7 Å². The molecule has 18 atom stereocenters. The summed E-state index contributed by atoms with van der Waals surface area (Å²) in [5.74, 6) is -8.97. The summed E-state index contributed by atoms with van der Waals surface area (Å²) in [5, 5.41) is 84.8. The summed E-state index contributed by atoms with van der Waals surface area (Å²) in [7, 11) is 0. The Labute approximate surface area is 398 Å². The third kappa shape index (κ3) is 11.0. The molecule has 7 rings (SSSR count). The van der Waals surface area contributed by atoms with Gasteiger partial charge in [-0.1, -0.05) is 30.3 Å². The van der Waals surface area contributed by atoms with Crippen LogP contribution in [0.25, 0.3) is 0 Å². The summed E-state index contributed by atoms with van der Waals surface area (Å²) in [6.45, 7) is 3.61. The van der Waals surface area contributed by atoms with Crippen LogP contribution in [0.4, 0.5) is 0 Å². The molecule has 5 aliphatic heterocycles. The van der Waals surface area contributed by atoms with Crippen molar-refractivity contribution in [2.45, 2.75) is 113 Å². The number of rotatable bonds is 16. The number of esters is 4. The zero-order valence-electron chi connectivity index (χ0n) is 37.5. The van der Waals surface area contributed by atoms with E-state index in [0.717, 1.165) is 32.2 Å². The molecule has 5 heterocycles. The van der Waals surface area contributed by atoms with Gasteiger partial charge in [0.2, 0.25) is 18.9 Å². The summed E-state index contributed by atoms with van der Waals surface area (Å²) < 4.78 is 63.1. The fourth-order valence-corrected chi connectivity index (χ4v) is 8.82. The summed E-state index contributed by atoms with van der Waals surface area (Å²) in [6.07, 6.45) is -23.4. The first-order chi connectivity index (χ1) is 33.5. The number of aromatic hydroxyl groups is 1.